The molecule has 2 N–H and O–H groups in total. The third kappa shape index (κ3) is 4.13. The fraction of sp³-hybridized carbons (Fsp3) is 0.385. The Kier molecular flexibility index (Phi) is 5.19. The molecule has 108 valence electrons. The second kappa shape index (κ2) is 7.34. The van der Waals surface area contributed by atoms with Crippen LogP contribution < -0.4 is 10.6 Å². The van der Waals surface area contributed by atoms with Gasteiger partial charge >= 0.3 is 6.03 Å². The maximum absolute atomic E-state index is 11.4. The van der Waals surface area contributed by atoms with E-state index in [0.29, 0.717) is 26.2 Å². The molecule has 0 saturated heterocycles. The van der Waals surface area contributed by atoms with E-state index in [9.17, 15) is 4.79 Å². The summed E-state index contributed by atoms with van der Waals surface area (Å²) in [5.41, 5.74) is 0.916. The van der Waals surface area contributed by atoms with Gasteiger partial charge in [-0.05, 0) is 12.1 Å². The first-order valence-electron chi connectivity index (χ1n) is 6.36. The van der Waals surface area contributed by atoms with Gasteiger partial charge in [0.05, 0.1) is 31.2 Å². The zero-order valence-corrected chi connectivity index (χ0v) is 11.3. The number of rotatable bonds is 7. The number of hydrogen-bond donors (Lipinski definition) is 2. The van der Waals surface area contributed by atoms with Gasteiger partial charge < -0.3 is 19.8 Å². The fourth-order valence-electron chi connectivity index (χ4n) is 1.67. The van der Waals surface area contributed by atoms with Crippen molar-refractivity contribution in [1.82, 2.24) is 20.4 Å². The molecule has 2 aromatic rings. The highest BCUT2D eigenvalue weighted by atomic mass is 16.5. The first-order chi connectivity index (χ1) is 9.79. The summed E-state index contributed by atoms with van der Waals surface area (Å²) in [6.07, 6.45) is 5.24. The molecule has 2 amide bonds. The fourth-order valence-corrected chi connectivity index (χ4v) is 1.67. The molecule has 0 bridgehead atoms. The van der Waals surface area contributed by atoms with E-state index in [4.69, 9.17) is 9.15 Å². The topological polar surface area (TPSA) is 81.3 Å². The molecular weight excluding hydrogens is 260 g/mol. The molecule has 0 saturated carbocycles. The summed E-state index contributed by atoms with van der Waals surface area (Å²) in [5, 5.41) is 9.63. The van der Waals surface area contributed by atoms with Crippen LogP contribution in [0.25, 0.3) is 11.3 Å². The van der Waals surface area contributed by atoms with Crippen molar-refractivity contribution in [2.75, 3.05) is 26.8 Å². The molecule has 20 heavy (non-hydrogen) atoms. The van der Waals surface area contributed by atoms with Crippen molar-refractivity contribution in [1.29, 1.82) is 0 Å². The van der Waals surface area contributed by atoms with Crippen LogP contribution in [0.1, 0.15) is 0 Å². The summed E-state index contributed by atoms with van der Waals surface area (Å²) in [7, 11) is 1.59. The van der Waals surface area contributed by atoms with Crippen molar-refractivity contribution >= 4 is 6.03 Å². The normalized spacial score (nSPS) is 10.4. The number of carbonyl (C=O) groups is 1. The molecule has 7 heteroatoms. The van der Waals surface area contributed by atoms with Crippen LogP contribution in [0.4, 0.5) is 4.79 Å². The Morgan fingerprint density at radius 1 is 1.45 bits per heavy atom. The van der Waals surface area contributed by atoms with E-state index in [1.54, 1.807) is 24.3 Å². The lowest BCUT2D eigenvalue weighted by molar-refractivity contribution is 0.196. The van der Waals surface area contributed by atoms with Crippen LogP contribution in [-0.2, 0) is 11.3 Å². The molecule has 0 spiro atoms. The molecule has 0 unspecified atom stereocenters. The number of nitrogens with one attached hydrogen (secondary N) is 2. The van der Waals surface area contributed by atoms with Crippen LogP contribution in [0.15, 0.2) is 35.2 Å². The van der Waals surface area contributed by atoms with Crippen molar-refractivity contribution in [3.05, 3.63) is 30.8 Å². The number of furan rings is 1. The second-order valence-corrected chi connectivity index (χ2v) is 4.14. The minimum atomic E-state index is -0.208. The number of ether oxygens (including phenoxy) is 1. The summed E-state index contributed by atoms with van der Waals surface area (Å²) in [5.74, 6) is 0.779. The van der Waals surface area contributed by atoms with Gasteiger partial charge in [-0.1, -0.05) is 0 Å². The van der Waals surface area contributed by atoms with Crippen molar-refractivity contribution in [3.63, 3.8) is 0 Å². The average Bonchev–Trinajstić information content (AvgIpc) is 3.09. The van der Waals surface area contributed by atoms with Gasteiger partial charge in [-0.2, -0.15) is 5.10 Å². The van der Waals surface area contributed by atoms with Gasteiger partial charge in [-0.25, -0.2) is 4.79 Å². The van der Waals surface area contributed by atoms with E-state index in [-0.39, 0.29) is 6.03 Å². The zero-order chi connectivity index (χ0) is 14.2. The zero-order valence-electron chi connectivity index (χ0n) is 11.3. The monoisotopic (exact) mass is 278 g/mol. The molecule has 7 nitrogen and oxygen atoms in total. The van der Waals surface area contributed by atoms with Crippen LogP contribution >= 0.6 is 0 Å². The van der Waals surface area contributed by atoms with E-state index in [0.717, 1.165) is 11.3 Å². The van der Waals surface area contributed by atoms with Gasteiger partial charge in [0.15, 0.2) is 0 Å². The summed E-state index contributed by atoms with van der Waals surface area (Å²) in [4.78, 5) is 11.4. The van der Waals surface area contributed by atoms with E-state index in [2.05, 4.69) is 15.7 Å². The van der Waals surface area contributed by atoms with E-state index >= 15 is 0 Å². The van der Waals surface area contributed by atoms with Crippen molar-refractivity contribution in [2.24, 2.45) is 0 Å². The number of carbonyl (C=O) groups excluding carboxylic acids is 1. The first-order valence-corrected chi connectivity index (χ1v) is 6.36. The number of methoxy groups -OCH3 is 1. The smallest absolute Gasteiger partial charge is 0.314 e. The summed E-state index contributed by atoms with van der Waals surface area (Å²) < 4.78 is 11.9. The number of amides is 2. The van der Waals surface area contributed by atoms with Crippen LogP contribution in [0, 0.1) is 0 Å². The molecule has 2 rings (SSSR count). The molecule has 0 radical (unpaired) electrons. The Morgan fingerprint density at radius 3 is 3.05 bits per heavy atom. The van der Waals surface area contributed by atoms with E-state index in [1.807, 2.05) is 18.3 Å². The maximum Gasteiger partial charge on any atom is 0.314 e. The highest BCUT2D eigenvalue weighted by Gasteiger charge is 2.04. The van der Waals surface area contributed by atoms with E-state index < -0.39 is 0 Å². The lowest BCUT2D eigenvalue weighted by atomic mass is 10.3. The predicted molar refractivity (Wildman–Crippen MR) is 73.2 cm³/mol. The molecular formula is C13H18N4O3. The van der Waals surface area contributed by atoms with Gasteiger partial charge in [0.25, 0.3) is 0 Å². The van der Waals surface area contributed by atoms with Crippen LogP contribution in [0.2, 0.25) is 0 Å². The van der Waals surface area contributed by atoms with Crippen LogP contribution in [0.3, 0.4) is 0 Å². The third-order valence-corrected chi connectivity index (χ3v) is 2.66. The van der Waals surface area contributed by atoms with Gasteiger partial charge in [0, 0.05) is 26.4 Å². The average molecular weight is 278 g/mol. The molecule has 0 aliphatic heterocycles. The number of urea groups is 1. The molecule has 0 fully saturated rings. The van der Waals surface area contributed by atoms with E-state index in [1.165, 1.54) is 0 Å². The van der Waals surface area contributed by atoms with Crippen molar-refractivity contribution in [2.45, 2.75) is 6.54 Å². The van der Waals surface area contributed by atoms with Gasteiger partial charge in [-0.3, -0.25) is 4.68 Å². The minimum Gasteiger partial charge on any atom is -0.464 e. The third-order valence-electron chi connectivity index (χ3n) is 2.66. The summed E-state index contributed by atoms with van der Waals surface area (Å²) in [6.45, 7) is 2.09. The highest BCUT2D eigenvalue weighted by molar-refractivity contribution is 5.73. The lowest BCUT2D eigenvalue weighted by Gasteiger charge is -2.07. The summed E-state index contributed by atoms with van der Waals surface area (Å²) in [6, 6.07) is 3.50. The van der Waals surface area contributed by atoms with Crippen molar-refractivity contribution in [3.8, 4) is 11.3 Å². The Bertz CT molecular complexity index is 521. The second-order valence-electron chi connectivity index (χ2n) is 4.14. The Hall–Kier alpha value is -2.28. The largest absolute Gasteiger partial charge is 0.464 e. The number of nitrogens with zero attached hydrogens (tertiary/aromatic N) is 2. The first kappa shape index (κ1) is 14.1. The molecule has 0 aliphatic carbocycles. The lowest BCUT2D eigenvalue weighted by Crippen LogP contribution is -2.38. The molecule has 0 atom stereocenters. The molecule has 0 aromatic carbocycles. The Balaban J connectivity index is 1.71. The molecule has 2 aromatic heterocycles. The number of hydrogen-bond acceptors (Lipinski definition) is 4. The van der Waals surface area contributed by atoms with Gasteiger partial charge in [-0.15, -0.1) is 0 Å². The maximum atomic E-state index is 11.4. The standard InChI is InChI=1S/C13H18N4O3/c1-19-8-5-15-13(18)14-4-6-17-10-11(9-16-17)12-3-2-7-20-12/h2-3,7,9-10H,4-6,8H2,1H3,(H2,14,15,18). The van der Waals surface area contributed by atoms with Crippen LogP contribution in [-0.4, -0.2) is 42.6 Å². The highest BCUT2D eigenvalue weighted by Crippen LogP contribution is 2.18. The predicted octanol–water partition coefficient (Wildman–Crippen LogP) is 1.09. The number of aromatic nitrogens is 2. The van der Waals surface area contributed by atoms with Crippen molar-refractivity contribution < 1.29 is 13.9 Å². The molecule has 0 aliphatic rings. The molecule has 2 heterocycles. The SMILES string of the molecule is COCCNC(=O)NCCn1cc(-c2ccco2)cn1. The quantitative estimate of drug-likeness (QED) is 0.743. The van der Waals surface area contributed by atoms with Gasteiger partial charge in [0.2, 0.25) is 0 Å². The minimum absolute atomic E-state index is 0.208. The van der Waals surface area contributed by atoms with Crippen LogP contribution in [0.5, 0.6) is 0 Å². The Labute approximate surface area is 116 Å². The van der Waals surface area contributed by atoms with Gasteiger partial charge in [0.1, 0.15) is 5.76 Å². The summed E-state index contributed by atoms with van der Waals surface area (Å²) >= 11 is 0. The Morgan fingerprint density at radius 2 is 2.30 bits per heavy atom.